The summed E-state index contributed by atoms with van der Waals surface area (Å²) >= 11 is 2.08. The van der Waals surface area contributed by atoms with Crippen LogP contribution in [0.5, 0.6) is 0 Å². The average molecular weight is 555 g/mol. The van der Waals surface area contributed by atoms with Crippen LogP contribution in [-0.2, 0) is 6.54 Å². The number of hydrogen-bond donors (Lipinski definition) is 3. The molecule has 0 spiro atoms. The van der Waals surface area contributed by atoms with E-state index in [2.05, 4.69) is 38.5 Å². The molecule has 2 aromatic carbocycles. The Hall–Kier alpha value is -3.86. The maximum absolute atomic E-state index is 13.1. The molecule has 0 saturated heterocycles. The van der Waals surface area contributed by atoms with Gasteiger partial charge in [0, 0.05) is 3.57 Å². The van der Waals surface area contributed by atoms with Crippen LogP contribution in [-0.4, -0.2) is 17.7 Å². The Kier molecular flexibility index (Phi) is 6.89. The van der Waals surface area contributed by atoms with E-state index in [1.54, 1.807) is 60.7 Å². The fourth-order valence-corrected chi connectivity index (χ4v) is 3.55. The van der Waals surface area contributed by atoms with Crippen molar-refractivity contribution < 1.29 is 23.2 Å². The molecule has 3 N–H and O–H groups in total. The second kappa shape index (κ2) is 10.2. The summed E-state index contributed by atoms with van der Waals surface area (Å²) in [6.45, 7) is 0.216. The number of rotatable bonds is 7. The second-order valence-corrected chi connectivity index (χ2v) is 8.13. The van der Waals surface area contributed by atoms with Crippen LogP contribution in [0.3, 0.4) is 0 Å². The molecule has 33 heavy (non-hydrogen) atoms. The lowest BCUT2D eigenvalue weighted by molar-refractivity contribution is 0.0947. The van der Waals surface area contributed by atoms with Gasteiger partial charge in [-0.3, -0.25) is 14.4 Å². The summed E-state index contributed by atoms with van der Waals surface area (Å²) < 4.78 is 11.1. The molecule has 0 atom stereocenters. The molecule has 0 aliphatic rings. The van der Waals surface area contributed by atoms with Gasteiger partial charge in [0.15, 0.2) is 5.76 Å². The first kappa shape index (κ1) is 22.3. The van der Waals surface area contributed by atoms with Crippen molar-refractivity contribution in [3.8, 4) is 0 Å². The number of furan rings is 2. The van der Waals surface area contributed by atoms with Crippen LogP contribution in [0.2, 0.25) is 0 Å². The molecule has 2 heterocycles. The highest BCUT2D eigenvalue weighted by atomic mass is 127. The number of carbonyl (C=O) groups is 3. The number of nitrogens with one attached hydrogen (secondary N) is 3. The first-order chi connectivity index (χ1) is 16.0. The van der Waals surface area contributed by atoms with Crippen molar-refractivity contribution >= 4 is 51.7 Å². The Labute approximate surface area is 202 Å². The van der Waals surface area contributed by atoms with Crippen LogP contribution in [0.25, 0.3) is 0 Å². The van der Waals surface area contributed by atoms with Crippen LogP contribution < -0.4 is 16.0 Å². The third kappa shape index (κ3) is 5.50. The van der Waals surface area contributed by atoms with Crippen molar-refractivity contribution in [2.24, 2.45) is 0 Å². The smallest absolute Gasteiger partial charge is 0.291 e. The molecule has 4 aromatic rings. The van der Waals surface area contributed by atoms with Crippen molar-refractivity contribution in [2.75, 3.05) is 10.6 Å². The van der Waals surface area contributed by atoms with Crippen molar-refractivity contribution in [3.63, 3.8) is 0 Å². The number of anilines is 2. The predicted molar refractivity (Wildman–Crippen MR) is 130 cm³/mol. The summed E-state index contributed by atoms with van der Waals surface area (Å²) in [7, 11) is 0. The lowest BCUT2D eigenvalue weighted by atomic mass is 10.1. The molecule has 0 bridgehead atoms. The van der Waals surface area contributed by atoms with Gasteiger partial charge in [-0.25, -0.2) is 0 Å². The number of benzene rings is 2. The molecule has 0 aliphatic carbocycles. The molecule has 0 fully saturated rings. The first-order valence-electron chi connectivity index (χ1n) is 9.86. The maximum atomic E-state index is 13.1. The Bertz CT molecular complexity index is 1280. The van der Waals surface area contributed by atoms with Crippen LogP contribution in [0.1, 0.15) is 37.0 Å². The second-order valence-electron chi connectivity index (χ2n) is 6.88. The molecule has 0 saturated carbocycles. The molecule has 3 amide bonds. The van der Waals surface area contributed by atoms with Gasteiger partial charge in [-0.1, -0.05) is 12.1 Å². The van der Waals surface area contributed by atoms with Crippen LogP contribution >= 0.6 is 22.6 Å². The topological polar surface area (TPSA) is 114 Å². The van der Waals surface area contributed by atoms with E-state index in [1.807, 2.05) is 0 Å². The van der Waals surface area contributed by atoms with E-state index in [4.69, 9.17) is 8.83 Å². The maximum Gasteiger partial charge on any atom is 0.291 e. The zero-order valence-corrected chi connectivity index (χ0v) is 19.3. The summed E-state index contributed by atoms with van der Waals surface area (Å²) in [5.41, 5.74) is 1.19. The van der Waals surface area contributed by atoms with Gasteiger partial charge < -0.3 is 24.8 Å². The largest absolute Gasteiger partial charge is 0.467 e. The molecule has 2 aromatic heterocycles. The zero-order valence-electron chi connectivity index (χ0n) is 17.1. The van der Waals surface area contributed by atoms with Gasteiger partial charge in [-0.2, -0.15) is 0 Å². The van der Waals surface area contributed by atoms with E-state index in [0.29, 0.717) is 22.7 Å². The van der Waals surface area contributed by atoms with Crippen LogP contribution in [0, 0.1) is 3.57 Å². The molecule has 166 valence electrons. The molecular weight excluding hydrogens is 537 g/mol. The highest BCUT2D eigenvalue weighted by Crippen LogP contribution is 2.23. The van der Waals surface area contributed by atoms with Gasteiger partial charge in [-0.05, 0) is 77.2 Å². The summed E-state index contributed by atoms with van der Waals surface area (Å²) in [4.78, 5) is 38.2. The van der Waals surface area contributed by atoms with Gasteiger partial charge in [0.2, 0.25) is 0 Å². The third-order valence-corrected chi connectivity index (χ3v) is 5.31. The molecule has 0 radical (unpaired) electrons. The summed E-state index contributed by atoms with van der Waals surface area (Å²) in [6.07, 6.45) is 2.92. The fourth-order valence-electron chi connectivity index (χ4n) is 3.06. The minimum Gasteiger partial charge on any atom is -0.467 e. The number of amides is 3. The third-order valence-electron chi connectivity index (χ3n) is 4.64. The van der Waals surface area contributed by atoms with Gasteiger partial charge >= 0.3 is 0 Å². The SMILES string of the molecule is O=C(Nc1ccc(I)cc1C(=O)Nc1ccccc1C(=O)NCc1ccco1)c1ccco1. The van der Waals surface area contributed by atoms with E-state index < -0.39 is 11.8 Å². The molecule has 9 heteroatoms. The first-order valence-corrected chi connectivity index (χ1v) is 10.9. The predicted octanol–water partition coefficient (Wildman–Crippen LogP) is 4.91. The summed E-state index contributed by atoms with van der Waals surface area (Å²) in [6, 6.07) is 18.3. The van der Waals surface area contributed by atoms with Gasteiger partial charge in [0.25, 0.3) is 17.7 Å². The highest BCUT2D eigenvalue weighted by molar-refractivity contribution is 14.1. The van der Waals surface area contributed by atoms with Gasteiger partial charge in [0.05, 0.1) is 41.6 Å². The molecule has 0 aliphatic heterocycles. The summed E-state index contributed by atoms with van der Waals surface area (Å²) in [5, 5.41) is 8.23. The van der Waals surface area contributed by atoms with E-state index >= 15 is 0 Å². The molecule has 8 nitrogen and oxygen atoms in total. The van der Waals surface area contributed by atoms with Crippen LogP contribution in [0.15, 0.2) is 88.1 Å². The minimum atomic E-state index is -0.479. The summed E-state index contributed by atoms with van der Waals surface area (Å²) in [5.74, 6) is -0.585. The van der Waals surface area contributed by atoms with Gasteiger partial charge in [-0.15, -0.1) is 0 Å². The Balaban J connectivity index is 1.53. The van der Waals surface area contributed by atoms with E-state index in [0.717, 1.165) is 3.57 Å². The quantitative estimate of drug-likeness (QED) is 0.281. The normalized spacial score (nSPS) is 10.5. The Morgan fingerprint density at radius 1 is 0.727 bits per heavy atom. The van der Waals surface area contributed by atoms with Crippen molar-refractivity contribution in [1.29, 1.82) is 0 Å². The highest BCUT2D eigenvalue weighted by Gasteiger charge is 2.19. The molecule has 0 unspecified atom stereocenters. The number of halogens is 1. The van der Waals surface area contributed by atoms with E-state index in [1.165, 1.54) is 18.6 Å². The number of carbonyl (C=O) groups excluding carboxylic acids is 3. The zero-order chi connectivity index (χ0) is 23.2. The lowest BCUT2D eigenvalue weighted by Crippen LogP contribution is -2.25. The number of para-hydroxylation sites is 1. The number of hydrogen-bond acceptors (Lipinski definition) is 5. The molecular formula is C24H18IN3O5. The van der Waals surface area contributed by atoms with Crippen molar-refractivity contribution in [1.82, 2.24) is 5.32 Å². The van der Waals surface area contributed by atoms with Crippen molar-refractivity contribution in [3.05, 3.63) is 105 Å². The van der Waals surface area contributed by atoms with Gasteiger partial charge in [0.1, 0.15) is 5.76 Å². The standard InChI is InChI=1S/C24H18IN3O5/c25-15-9-10-20(28-24(31)21-8-4-12-33-21)18(13-15)23(30)27-19-7-2-1-6-17(19)22(29)26-14-16-5-3-11-32-16/h1-13H,14H2,(H,26,29)(H,27,30)(H,28,31). The monoisotopic (exact) mass is 555 g/mol. The lowest BCUT2D eigenvalue weighted by Gasteiger charge is -2.14. The average Bonchev–Trinajstić information content (AvgIpc) is 3.53. The van der Waals surface area contributed by atoms with E-state index in [-0.39, 0.29) is 23.8 Å². The molecule has 4 rings (SSSR count). The fraction of sp³-hybridized carbons (Fsp3) is 0.0417. The Morgan fingerprint density at radius 2 is 1.45 bits per heavy atom. The van der Waals surface area contributed by atoms with E-state index in [9.17, 15) is 14.4 Å². The Morgan fingerprint density at radius 3 is 2.21 bits per heavy atom. The van der Waals surface area contributed by atoms with Crippen LogP contribution in [0.4, 0.5) is 11.4 Å². The van der Waals surface area contributed by atoms with Crippen molar-refractivity contribution in [2.45, 2.75) is 6.54 Å². The minimum absolute atomic E-state index is 0.124.